The molecule has 4 heteroatoms. The highest BCUT2D eigenvalue weighted by atomic mass is 16.5. The second-order valence-electron chi connectivity index (χ2n) is 18.0. The second kappa shape index (κ2) is 13.3. The van der Waals surface area contributed by atoms with Crippen molar-refractivity contribution in [3.05, 3.63) is 216 Å². The van der Waals surface area contributed by atoms with Crippen LogP contribution >= 0.6 is 0 Å². The molecule has 0 saturated carbocycles. The van der Waals surface area contributed by atoms with Crippen LogP contribution in [0.3, 0.4) is 0 Å². The van der Waals surface area contributed by atoms with Crippen molar-refractivity contribution in [2.24, 2.45) is 0 Å². The van der Waals surface area contributed by atoms with Gasteiger partial charge in [0.25, 0.3) is 0 Å². The van der Waals surface area contributed by atoms with Crippen LogP contribution in [-0.4, -0.2) is 0 Å². The lowest BCUT2D eigenvalue weighted by Crippen LogP contribution is -2.18. The maximum absolute atomic E-state index is 6.40. The predicted molar refractivity (Wildman–Crippen MR) is 270 cm³/mol. The fraction of sp³-hybridized carbons (Fsp3) is 0.0492. The topological polar surface area (TPSA) is 24.9 Å². The zero-order chi connectivity index (χ0) is 43.0. The van der Waals surface area contributed by atoms with E-state index in [0.717, 1.165) is 57.1 Å². The number of benzene rings is 11. The highest BCUT2D eigenvalue weighted by Crippen LogP contribution is 2.56. The van der Waals surface area contributed by atoms with Gasteiger partial charge in [0.1, 0.15) is 0 Å². The van der Waals surface area contributed by atoms with Crippen LogP contribution in [0.1, 0.15) is 36.1 Å². The molecule has 2 heterocycles. The summed E-state index contributed by atoms with van der Waals surface area (Å²) in [6, 6.07) is 70.0. The molecule has 11 aromatic rings. The van der Waals surface area contributed by atoms with E-state index in [4.69, 9.17) is 9.47 Å². The van der Waals surface area contributed by atoms with Gasteiger partial charge < -0.3 is 19.3 Å². The van der Waals surface area contributed by atoms with Crippen molar-refractivity contribution < 1.29 is 9.47 Å². The molecule has 2 aliphatic heterocycles. The van der Waals surface area contributed by atoms with E-state index in [-0.39, 0.29) is 5.41 Å². The van der Waals surface area contributed by atoms with E-state index in [2.05, 4.69) is 194 Å². The van der Waals surface area contributed by atoms with Gasteiger partial charge in [0.05, 0.1) is 28.4 Å². The number of fused-ring (bicyclic) bond motifs is 9. The number of anilines is 6. The molecule has 11 aromatic carbocycles. The lowest BCUT2D eigenvalue weighted by molar-refractivity contribution is 0.477. The smallest absolute Gasteiger partial charge is 0.151 e. The van der Waals surface area contributed by atoms with Crippen molar-refractivity contribution in [3.63, 3.8) is 0 Å². The molecule has 306 valence electrons. The molecule has 0 fully saturated rings. The Morgan fingerprint density at radius 3 is 1.46 bits per heavy atom. The van der Waals surface area contributed by atoms with E-state index in [1.165, 1.54) is 76.5 Å². The van der Waals surface area contributed by atoms with Gasteiger partial charge in [0, 0.05) is 16.5 Å². The zero-order valence-electron chi connectivity index (χ0n) is 35.8. The Bertz CT molecular complexity index is 3730. The van der Waals surface area contributed by atoms with E-state index in [9.17, 15) is 0 Å². The predicted octanol–water partition coefficient (Wildman–Crippen LogP) is 17.4. The quantitative estimate of drug-likeness (QED) is 0.100. The first-order chi connectivity index (χ1) is 32.0. The summed E-state index contributed by atoms with van der Waals surface area (Å²) in [5.74, 6) is 3.43. The average Bonchev–Trinajstić information content (AvgIpc) is 3.57. The summed E-state index contributed by atoms with van der Waals surface area (Å²) >= 11 is 0. The van der Waals surface area contributed by atoms with Crippen molar-refractivity contribution >= 4 is 89.4 Å². The fourth-order valence-corrected chi connectivity index (χ4v) is 11.2. The molecule has 65 heavy (non-hydrogen) atoms. The zero-order valence-corrected chi connectivity index (χ0v) is 35.8. The summed E-state index contributed by atoms with van der Waals surface area (Å²) in [6.07, 6.45) is 4.59. The molecule has 0 bridgehead atoms. The van der Waals surface area contributed by atoms with Gasteiger partial charge in [-0.15, -0.1) is 0 Å². The summed E-state index contributed by atoms with van der Waals surface area (Å²) in [5, 5.41) is 10.1. The van der Waals surface area contributed by atoms with Gasteiger partial charge in [-0.05, 0) is 138 Å². The second-order valence-corrected chi connectivity index (χ2v) is 18.0. The Kier molecular flexibility index (Phi) is 7.42. The lowest BCUT2D eigenvalue weighted by Gasteiger charge is -2.33. The Hall–Kier alpha value is -8.34. The van der Waals surface area contributed by atoms with E-state index in [1.54, 1.807) is 0 Å². The minimum Gasteiger partial charge on any atom is -0.453 e. The summed E-state index contributed by atoms with van der Waals surface area (Å²) in [7, 11) is 0. The maximum atomic E-state index is 6.40. The van der Waals surface area contributed by atoms with Gasteiger partial charge in [-0.2, -0.15) is 0 Å². The van der Waals surface area contributed by atoms with Crippen molar-refractivity contribution in [2.45, 2.75) is 19.3 Å². The number of nitrogens with zero attached hydrogens (tertiary/aromatic N) is 2. The molecule has 0 atom stereocenters. The molecule has 14 rings (SSSR count). The first kappa shape index (κ1) is 36.2. The molecule has 0 saturated heterocycles. The van der Waals surface area contributed by atoms with Crippen LogP contribution in [0, 0.1) is 0 Å². The molecule has 0 N–H and O–H groups in total. The Balaban J connectivity index is 0.843. The fourth-order valence-electron chi connectivity index (χ4n) is 11.2. The minimum atomic E-state index is -0.196. The molecular weight excluding hydrogens is 793 g/mol. The van der Waals surface area contributed by atoms with Gasteiger partial charge in [-0.3, -0.25) is 0 Å². The summed E-state index contributed by atoms with van der Waals surface area (Å²) < 4.78 is 12.7. The van der Waals surface area contributed by atoms with Gasteiger partial charge in [-0.1, -0.05) is 153 Å². The monoisotopic (exact) mass is 832 g/mol. The minimum absolute atomic E-state index is 0.196. The number of rotatable bonds is 4. The number of hydrogen-bond acceptors (Lipinski definition) is 4. The summed E-state index contributed by atoms with van der Waals surface area (Å²) in [5.41, 5.74) is 13.9. The Morgan fingerprint density at radius 1 is 0.369 bits per heavy atom. The van der Waals surface area contributed by atoms with Crippen LogP contribution in [0.2, 0.25) is 0 Å². The third-order valence-electron chi connectivity index (χ3n) is 14.2. The highest BCUT2D eigenvalue weighted by molar-refractivity contribution is 6.35. The Labute approximate surface area is 376 Å². The molecule has 1 aliphatic carbocycles. The Morgan fingerprint density at radius 2 is 0.846 bits per heavy atom. The van der Waals surface area contributed by atoms with Gasteiger partial charge >= 0.3 is 0 Å². The van der Waals surface area contributed by atoms with Gasteiger partial charge in [0.15, 0.2) is 23.0 Å². The summed E-state index contributed by atoms with van der Waals surface area (Å²) in [6.45, 7) is 4.73. The molecule has 0 amide bonds. The van der Waals surface area contributed by atoms with Crippen molar-refractivity contribution in [1.82, 2.24) is 0 Å². The summed E-state index contributed by atoms with van der Waals surface area (Å²) in [4.78, 5) is 4.70. The third kappa shape index (κ3) is 5.14. The van der Waals surface area contributed by atoms with Crippen LogP contribution in [0.4, 0.5) is 34.1 Å². The van der Waals surface area contributed by atoms with E-state index >= 15 is 0 Å². The number of hydrogen-bond donors (Lipinski definition) is 0. The lowest BCUT2D eigenvalue weighted by atomic mass is 9.81. The largest absolute Gasteiger partial charge is 0.453 e. The average molecular weight is 833 g/mol. The first-order valence-electron chi connectivity index (χ1n) is 22.4. The van der Waals surface area contributed by atoms with Crippen LogP contribution in [0.15, 0.2) is 194 Å². The van der Waals surface area contributed by atoms with Gasteiger partial charge in [-0.25, -0.2) is 0 Å². The van der Waals surface area contributed by atoms with E-state index in [0.29, 0.717) is 0 Å². The van der Waals surface area contributed by atoms with Crippen LogP contribution in [-0.2, 0) is 5.41 Å². The van der Waals surface area contributed by atoms with Crippen molar-refractivity contribution in [2.75, 3.05) is 9.80 Å². The SMILES string of the molecule is CC1(C)c2cc(/C=C/c3ccc4c5cccc6c(N7c8ccccc8Oc8ccccc87)ccc(c7cccc3c47)c65)ccc2-c2ccc(N3c4ccccc4Oc4ccccc43)cc21. The standard InChI is InChI=1S/C61H40N2O2/c1-61(2)48-35-37(26-30-41(48)42-32-29-39(36-49(42)61)62-51-17-3-7-21-55(51)64-56-22-8-4-18-52(56)62)25-27-38-28-31-45-44-15-12-16-47-50(34-33-46(60(44)47)43-14-11-13-40(38)59(43)45)63-53-19-5-9-23-57(53)65-58-24-10-6-20-54(58)63/h3-36H,1-2H3/b27-25+. The third-order valence-corrected chi connectivity index (χ3v) is 14.2. The van der Waals surface area contributed by atoms with Crippen molar-refractivity contribution in [3.8, 4) is 34.1 Å². The maximum Gasteiger partial charge on any atom is 0.151 e. The van der Waals surface area contributed by atoms with Crippen molar-refractivity contribution in [1.29, 1.82) is 0 Å². The van der Waals surface area contributed by atoms with E-state index < -0.39 is 0 Å². The first-order valence-corrected chi connectivity index (χ1v) is 22.4. The molecular formula is C61H40N2O2. The number of para-hydroxylation sites is 8. The van der Waals surface area contributed by atoms with Crippen LogP contribution < -0.4 is 19.3 Å². The number of ether oxygens (including phenoxy) is 2. The normalized spacial score (nSPS) is 14.2. The highest BCUT2D eigenvalue weighted by Gasteiger charge is 2.37. The van der Waals surface area contributed by atoms with Gasteiger partial charge in [0.2, 0.25) is 0 Å². The molecule has 0 unspecified atom stereocenters. The molecule has 0 radical (unpaired) electrons. The molecule has 0 aromatic heterocycles. The van der Waals surface area contributed by atoms with E-state index in [1.807, 2.05) is 36.4 Å². The van der Waals surface area contributed by atoms with Crippen LogP contribution in [0.5, 0.6) is 23.0 Å². The molecule has 0 spiro atoms. The molecule has 4 nitrogen and oxygen atoms in total. The van der Waals surface area contributed by atoms with Crippen LogP contribution in [0.25, 0.3) is 66.4 Å². The molecule has 3 aliphatic rings.